The lowest BCUT2D eigenvalue weighted by Crippen LogP contribution is -2.52. The molecule has 0 aliphatic carbocycles. The third-order valence-corrected chi connectivity index (χ3v) is 8.65. The Morgan fingerprint density at radius 1 is 0.961 bits per heavy atom. The van der Waals surface area contributed by atoms with Crippen molar-refractivity contribution in [3.8, 4) is 5.69 Å². The molecule has 0 saturated carbocycles. The summed E-state index contributed by atoms with van der Waals surface area (Å²) in [5.74, 6) is -3.96. The number of rotatable bonds is 10. The summed E-state index contributed by atoms with van der Waals surface area (Å²) >= 11 is 6.15. The van der Waals surface area contributed by atoms with E-state index >= 15 is 0 Å². The van der Waals surface area contributed by atoms with Crippen molar-refractivity contribution >= 4 is 69.2 Å². The Balaban J connectivity index is 1.21. The van der Waals surface area contributed by atoms with Crippen LogP contribution in [-0.2, 0) is 25.6 Å². The lowest BCUT2D eigenvalue weighted by Gasteiger charge is -2.36. The van der Waals surface area contributed by atoms with Gasteiger partial charge in [0, 0.05) is 52.9 Å². The minimum atomic E-state index is -1.24. The molecule has 0 spiro atoms. The molecular weight excluding hydrogens is 680 g/mol. The van der Waals surface area contributed by atoms with Crippen molar-refractivity contribution in [2.75, 3.05) is 35.2 Å². The third-order valence-electron chi connectivity index (χ3n) is 8.42. The molecule has 1 aliphatic rings. The topological polar surface area (TPSA) is 208 Å². The van der Waals surface area contributed by atoms with E-state index in [0.29, 0.717) is 46.6 Å². The average molecular weight is 713 g/mol. The minimum Gasteiger partial charge on any atom is -0.477 e. The lowest BCUT2D eigenvalue weighted by atomic mass is 10.0. The van der Waals surface area contributed by atoms with Gasteiger partial charge in [-0.3, -0.25) is 24.1 Å². The van der Waals surface area contributed by atoms with Gasteiger partial charge in [-0.15, -0.1) is 5.10 Å². The lowest BCUT2D eigenvalue weighted by molar-refractivity contribution is -0.137. The zero-order valence-corrected chi connectivity index (χ0v) is 28.2. The maximum absolute atomic E-state index is 13.7. The number of anilines is 3. The second-order valence-electron chi connectivity index (χ2n) is 12.2. The van der Waals surface area contributed by atoms with Crippen molar-refractivity contribution < 1.29 is 29.1 Å². The molecule has 17 heteroatoms. The molecule has 3 heterocycles. The Hall–Kier alpha value is -6.13. The van der Waals surface area contributed by atoms with E-state index in [-0.39, 0.29) is 34.8 Å². The van der Waals surface area contributed by atoms with Crippen molar-refractivity contribution in [3.63, 3.8) is 0 Å². The average Bonchev–Trinajstić information content (AvgIpc) is 3.79. The molecule has 5 N–H and O–H groups in total. The summed E-state index contributed by atoms with van der Waals surface area (Å²) in [7, 11) is 0. The molecule has 3 aromatic carbocycles. The van der Waals surface area contributed by atoms with Crippen molar-refractivity contribution in [1.82, 2.24) is 35.4 Å². The Morgan fingerprint density at radius 2 is 1.75 bits per heavy atom. The molecule has 51 heavy (non-hydrogen) atoms. The number of hydrogen-bond donors (Lipinski definition) is 5. The molecule has 4 amide bonds. The molecule has 16 nitrogen and oxygen atoms in total. The molecule has 6 rings (SSSR count). The molecule has 0 unspecified atom stereocenters. The van der Waals surface area contributed by atoms with E-state index in [9.17, 15) is 29.1 Å². The summed E-state index contributed by atoms with van der Waals surface area (Å²) in [6, 6.07) is 16.9. The van der Waals surface area contributed by atoms with Gasteiger partial charge in [0.1, 0.15) is 18.1 Å². The van der Waals surface area contributed by atoms with Gasteiger partial charge in [-0.2, -0.15) is 4.68 Å². The fraction of sp³-hybridized carbons (Fsp3) is 0.235. The molecule has 0 bridgehead atoms. The summed E-state index contributed by atoms with van der Waals surface area (Å²) in [6.45, 7) is 5.68. The van der Waals surface area contributed by atoms with Crippen LogP contribution in [0.2, 0.25) is 5.02 Å². The largest absolute Gasteiger partial charge is 0.477 e. The number of carbonyl (C=O) groups excluding carboxylic acids is 4. The molecular formula is C34H33ClN10O6. The van der Waals surface area contributed by atoms with Crippen LogP contribution in [0, 0.1) is 0 Å². The van der Waals surface area contributed by atoms with Crippen LogP contribution in [0.1, 0.15) is 29.9 Å². The highest BCUT2D eigenvalue weighted by atomic mass is 35.5. The summed E-state index contributed by atoms with van der Waals surface area (Å²) in [5.41, 5.74) is 2.73. The number of carboxylic acid groups (broad SMARTS) is 1. The van der Waals surface area contributed by atoms with E-state index < -0.39 is 29.7 Å². The minimum absolute atomic E-state index is 0.0111. The van der Waals surface area contributed by atoms with Crippen LogP contribution in [0.15, 0.2) is 73.1 Å². The predicted octanol–water partition coefficient (Wildman–Crippen LogP) is 2.86. The number of piperazine rings is 1. The van der Waals surface area contributed by atoms with E-state index in [1.54, 1.807) is 59.5 Å². The number of nitrogens with one attached hydrogen (secondary N) is 4. The highest BCUT2D eigenvalue weighted by molar-refractivity contribution is 6.40. The van der Waals surface area contributed by atoms with Gasteiger partial charge in [0.25, 0.3) is 0 Å². The van der Waals surface area contributed by atoms with E-state index in [0.717, 1.165) is 6.54 Å². The van der Waals surface area contributed by atoms with Crippen LogP contribution >= 0.6 is 11.6 Å². The predicted molar refractivity (Wildman–Crippen MR) is 188 cm³/mol. The van der Waals surface area contributed by atoms with Gasteiger partial charge >= 0.3 is 17.8 Å². The number of hydrogen-bond acceptors (Lipinski definition) is 9. The number of aromatic carboxylic acids is 1. The van der Waals surface area contributed by atoms with Crippen molar-refractivity contribution in [2.45, 2.75) is 32.4 Å². The van der Waals surface area contributed by atoms with Crippen LogP contribution in [0.5, 0.6) is 0 Å². The highest BCUT2D eigenvalue weighted by Gasteiger charge is 2.28. The number of tetrazole rings is 1. The Bertz CT molecular complexity index is 2120. The highest BCUT2D eigenvalue weighted by Crippen LogP contribution is 2.25. The zero-order valence-electron chi connectivity index (χ0n) is 27.5. The number of H-pyrrole nitrogens is 1. The van der Waals surface area contributed by atoms with Gasteiger partial charge in [-0.05, 0) is 84.4 Å². The number of carboxylic acids is 1. The maximum Gasteiger partial charge on any atom is 0.352 e. The first-order valence-electron chi connectivity index (χ1n) is 15.9. The van der Waals surface area contributed by atoms with E-state index in [2.05, 4.69) is 41.4 Å². The second-order valence-corrected chi connectivity index (χ2v) is 12.6. The van der Waals surface area contributed by atoms with Crippen LogP contribution in [0.25, 0.3) is 16.6 Å². The van der Waals surface area contributed by atoms with Crippen LogP contribution in [-0.4, -0.2) is 96.5 Å². The molecule has 1 atom stereocenters. The molecule has 1 aliphatic heterocycles. The van der Waals surface area contributed by atoms with Gasteiger partial charge in [0.2, 0.25) is 11.8 Å². The van der Waals surface area contributed by atoms with Gasteiger partial charge < -0.3 is 30.9 Å². The fourth-order valence-electron chi connectivity index (χ4n) is 5.70. The van der Waals surface area contributed by atoms with Gasteiger partial charge in [0.05, 0.1) is 17.9 Å². The first-order chi connectivity index (χ1) is 24.4. The number of nitrogens with zero attached hydrogens (tertiary/aromatic N) is 6. The van der Waals surface area contributed by atoms with E-state index in [4.69, 9.17) is 11.6 Å². The first kappa shape index (κ1) is 34.7. The number of fused-ring (bicyclic) bond motifs is 1. The Kier molecular flexibility index (Phi) is 10.1. The number of aromatic nitrogens is 5. The molecule has 1 saturated heterocycles. The molecule has 1 fully saturated rings. The van der Waals surface area contributed by atoms with E-state index in [1.807, 2.05) is 13.8 Å². The van der Waals surface area contributed by atoms with Crippen LogP contribution in [0.3, 0.4) is 0 Å². The van der Waals surface area contributed by atoms with Crippen LogP contribution in [0.4, 0.5) is 17.1 Å². The van der Waals surface area contributed by atoms with E-state index in [1.165, 1.54) is 23.1 Å². The normalized spacial score (nSPS) is 14.0. The summed E-state index contributed by atoms with van der Waals surface area (Å²) in [4.78, 5) is 71.1. The SMILES string of the molecule is CC(C)N1CCN(c2ccc(C[C@H](NC(=O)C(=O)Nc3cc(Cl)ccc3-n3cnnn3)C(=O)Nc3ccc4[nH]c(C(=O)O)cc4c3)cc2)C(=O)C1. The van der Waals surface area contributed by atoms with Gasteiger partial charge in [-0.25, -0.2) is 4.79 Å². The standard InChI is InChI=1S/C34H33ClN10O6/c1-19(2)43-11-12-44(30(46)17-43)24-7-3-20(4-8-24)13-27(31(47)37-23-6-9-25-21(14-23)15-28(38-25)34(50)51)40-33(49)32(48)39-26-16-22(35)5-10-29(26)45-18-36-41-42-45/h3-10,14-16,18-19,27,38H,11-13,17H2,1-2H3,(H,37,47)(H,39,48)(H,40,49)(H,50,51)/t27-/m0/s1. The Labute approximate surface area is 295 Å². The fourth-order valence-corrected chi connectivity index (χ4v) is 5.87. The molecule has 262 valence electrons. The summed E-state index contributed by atoms with van der Waals surface area (Å²) < 4.78 is 1.28. The third kappa shape index (κ3) is 8.03. The maximum atomic E-state index is 13.7. The first-order valence-corrected chi connectivity index (χ1v) is 16.3. The molecule has 2 aromatic heterocycles. The molecule has 0 radical (unpaired) electrons. The van der Waals surface area contributed by atoms with Gasteiger partial charge in [0.15, 0.2) is 0 Å². The molecule has 5 aromatic rings. The zero-order chi connectivity index (χ0) is 36.2. The monoisotopic (exact) mass is 712 g/mol. The number of amides is 4. The second kappa shape index (κ2) is 14.8. The smallest absolute Gasteiger partial charge is 0.352 e. The summed E-state index contributed by atoms with van der Waals surface area (Å²) in [6.07, 6.45) is 1.29. The number of halogens is 1. The van der Waals surface area contributed by atoms with Crippen molar-refractivity contribution in [2.24, 2.45) is 0 Å². The summed E-state index contributed by atoms with van der Waals surface area (Å²) in [5, 5.41) is 29.0. The van der Waals surface area contributed by atoms with Gasteiger partial charge in [-0.1, -0.05) is 23.7 Å². The number of carbonyl (C=O) groups is 5. The number of aromatic amines is 1. The number of benzene rings is 3. The quantitative estimate of drug-likeness (QED) is 0.134. The van der Waals surface area contributed by atoms with Crippen LogP contribution < -0.4 is 20.9 Å². The Morgan fingerprint density at radius 3 is 2.43 bits per heavy atom. The van der Waals surface area contributed by atoms with Crippen molar-refractivity contribution in [1.29, 1.82) is 0 Å². The van der Waals surface area contributed by atoms with Crippen molar-refractivity contribution in [3.05, 3.63) is 89.3 Å².